The van der Waals surface area contributed by atoms with Gasteiger partial charge in [0.2, 0.25) is 5.24 Å². The van der Waals surface area contributed by atoms with Gasteiger partial charge in [-0.25, -0.2) is 0 Å². The number of halogens is 2. The topological polar surface area (TPSA) is 43.1 Å². The van der Waals surface area contributed by atoms with E-state index in [-0.39, 0.29) is 19.0 Å². The molecule has 0 aliphatic heterocycles. The summed E-state index contributed by atoms with van der Waals surface area (Å²) in [6.45, 7) is -0.0679. The monoisotopic (exact) mass is 205 g/mol. The van der Waals surface area contributed by atoms with Gasteiger partial charge in [-0.2, -0.15) is 0 Å². The van der Waals surface area contributed by atoms with E-state index in [2.05, 4.69) is 30.0 Å². The van der Waals surface area contributed by atoms with Crippen LogP contribution in [0.15, 0.2) is 24.3 Å². The van der Waals surface area contributed by atoms with Gasteiger partial charge in [0.15, 0.2) is 0 Å². The van der Waals surface area contributed by atoms with Gasteiger partial charge in [-0.1, -0.05) is 24.3 Å². The van der Waals surface area contributed by atoms with Gasteiger partial charge in [0.25, 0.3) is 0 Å². The van der Waals surface area contributed by atoms with Gasteiger partial charge in [0, 0.05) is 0 Å². The molecular weight excluding hydrogens is 197 g/mol. The molecule has 0 amide bonds. The van der Waals surface area contributed by atoms with Crippen molar-refractivity contribution in [3.8, 4) is 11.1 Å². The molecule has 0 saturated heterocycles. The second-order valence-corrected chi connectivity index (χ2v) is 2.56. The predicted octanol–water partition coefficient (Wildman–Crippen LogP) is 1.80. The SMILES string of the molecule is Cl.NCC(=O)Cl.c1cc2ccc1-2. The van der Waals surface area contributed by atoms with E-state index >= 15 is 0 Å². The van der Waals surface area contributed by atoms with Crippen LogP contribution in [0.4, 0.5) is 0 Å². The fourth-order valence-corrected chi connectivity index (χ4v) is 0.663. The van der Waals surface area contributed by atoms with Crippen LogP contribution in [0.25, 0.3) is 11.1 Å². The Balaban J connectivity index is 0.000000191. The van der Waals surface area contributed by atoms with E-state index in [0.29, 0.717) is 0 Å². The first-order valence-electron chi connectivity index (χ1n) is 3.23. The Labute approximate surface area is 82.1 Å². The predicted molar refractivity (Wildman–Crippen MR) is 52.6 cm³/mol. The van der Waals surface area contributed by atoms with Gasteiger partial charge >= 0.3 is 0 Å². The molecule has 0 bridgehead atoms. The van der Waals surface area contributed by atoms with E-state index in [1.807, 2.05) is 0 Å². The largest absolute Gasteiger partial charge is 0.323 e. The molecule has 0 radical (unpaired) electrons. The van der Waals surface area contributed by atoms with Crippen molar-refractivity contribution in [2.75, 3.05) is 6.54 Å². The number of nitrogens with two attached hydrogens (primary N) is 1. The summed E-state index contributed by atoms with van der Waals surface area (Å²) in [4.78, 5) is 9.45. The number of carbonyl (C=O) groups excluding carboxylic acids is 1. The van der Waals surface area contributed by atoms with Crippen molar-refractivity contribution in [3.05, 3.63) is 24.3 Å². The Hall–Kier alpha value is -0.570. The number of hydrogen-bond donors (Lipinski definition) is 1. The molecule has 4 heteroatoms. The molecule has 0 atom stereocenters. The Morgan fingerprint density at radius 1 is 1.25 bits per heavy atom. The summed E-state index contributed by atoms with van der Waals surface area (Å²) in [5, 5.41) is -0.495. The quantitative estimate of drug-likeness (QED) is 0.723. The first-order chi connectivity index (χ1) is 5.24. The molecule has 0 aromatic rings. The van der Waals surface area contributed by atoms with Gasteiger partial charge < -0.3 is 5.73 Å². The molecule has 2 nitrogen and oxygen atoms in total. The maximum Gasteiger partial charge on any atom is 0.235 e. The highest BCUT2D eigenvalue weighted by molar-refractivity contribution is 6.64. The van der Waals surface area contributed by atoms with Crippen LogP contribution < -0.4 is 5.73 Å². The molecule has 0 fully saturated rings. The van der Waals surface area contributed by atoms with E-state index in [4.69, 9.17) is 11.6 Å². The average Bonchev–Trinajstić information content (AvgIpc) is 1.98. The maximum absolute atomic E-state index is 9.45. The van der Waals surface area contributed by atoms with E-state index in [9.17, 15) is 4.79 Å². The molecule has 0 spiro atoms. The smallest absolute Gasteiger partial charge is 0.235 e. The maximum atomic E-state index is 9.45. The minimum absolute atomic E-state index is 0. The van der Waals surface area contributed by atoms with Crippen molar-refractivity contribution in [1.82, 2.24) is 0 Å². The molecule has 12 heavy (non-hydrogen) atoms. The molecule has 2 aliphatic rings. The summed E-state index contributed by atoms with van der Waals surface area (Å²) < 4.78 is 0. The van der Waals surface area contributed by atoms with Crippen LogP contribution in [0, 0.1) is 0 Å². The van der Waals surface area contributed by atoms with Crippen LogP contribution >= 0.6 is 24.0 Å². The van der Waals surface area contributed by atoms with Crippen LogP contribution in [-0.4, -0.2) is 11.8 Å². The zero-order chi connectivity index (χ0) is 8.27. The second-order valence-electron chi connectivity index (χ2n) is 2.14. The zero-order valence-electron chi connectivity index (χ0n) is 6.29. The number of benzene rings is 1. The highest BCUT2D eigenvalue weighted by Gasteiger charge is 2.03. The Morgan fingerprint density at radius 2 is 1.50 bits per heavy atom. The Morgan fingerprint density at radius 3 is 1.50 bits per heavy atom. The molecule has 0 heterocycles. The third-order valence-corrected chi connectivity index (χ3v) is 1.53. The molecule has 2 N–H and O–H groups in total. The van der Waals surface area contributed by atoms with Gasteiger partial charge in [-0.3, -0.25) is 4.79 Å². The summed E-state index contributed by atoms with van der Waals surface area (Å²) in [7, 11) is 0. The van der Waals surface area contributed by atoms with Crippen molar-refractivity contribution >= 4 is 29.3 Å². The highest BCUT2D eigenvalue weighted by Crippen LogP contribution is 2.29. The van der Waals surface area contributed by atoms with E-state index in [0.717, 1.165) is 0 Å². The Bertz CT molecular complexity index is 237. The fourth-order valence-electron chi connectivity index (χ4n) is 0.663. The summed E-state index contributed by atoms with van der Waals surface area (Å²) in [5.41, 5.74) is 7.54. The van der Waals surface area contributed by atoms with Crippen molar-refractivity contribution < 1.29 is 4.79 Å². The van der Waals surface area contributed by atoms with Crippen molar-refractivity contribution in [2.45, 2.75) is 0 Å². The first kappa shape index (κ1) is 11.4. The van der Waals surface area contributed by atoms with Crippen LogP contribution in [-0.2, 0) is 4.79 Å². The standard InChI is InChI=1S/C6H4.C2H4ClNO.ClH/c1-2-6-4-3-5(1)6;3-2(5)1-4;/h1-4H;1,4H2;1H. The van der Waals surface area contributed by atoms with E-state index in [1.165, 1.54) is 11.1 Å². The van der Waals surface area contributed by atoms with Crippen LogP contribution in [0.2, 0.25) is 0 Å². The lowest BCUT2D eigenvalue weighted by Crippen LogP contribution is -2.05. The molecule has 0 saturated carbocycles. The third-order valence-electron chi connectivity index (χ3n) is 1.38. The summed E-state index contributed by atoms with van der Waals surface area (Å²) in [6, 6.07) is 8.48. The summed E-state index contributed by atoms with van der Waals surface area (Å²) >= 11 is 4.70. The summed E-state index contributed by atoms with van der Waals surface area (Å²) in [6.07, 6.45) is 0. The van der Waals surface area contributed by atoms with Gasteiger partial charge in [0.1, 0.15) is 0 Å². The molecule has 0 aromatic carbocycles. The van der Waals surface area contributed by atoms with Crippen LogP contribution in [0.1, 0.15) is 0 Å². The molecule has 66 valence electrons. The number of fused-ring (bicyclic) bond motifs is 1. The van der Waals surface area contributed by atoms with Crippen molar-refractivity contribution in [1.29, 1.82) is 0 Å². The minimum atomic E-state index is -0.495. The molecule has 0 unspecified atom stereocenters. The molecule has 2 aliphatic carbocycles. The zero-order valence-corrected chi connectivity index (χ0v) is 7.86. The van der Waals surface area contributed by atoms with Crippen LogP contribution in [0.3, 0.4) is 0 Å². The van der Waals surface area contributed by atoms with E-state index in [1.54, 1.807) is 0 Å². The minimum Gasteiger partial charge on any atom is -0.323 e. The lowest BCUT2D eigenvalue weighted by atomic mass is 9.95. The Kier molecular flexibility index (Phi) is 4.90. The number of hydrogen-bond acceptors (Lipinski definition) is 2. The number of rotatable bonds is 1. The van der Waals surface area contributed by atoms with Gasteiger partial charge in [0.05, 0.1) is 6.54 Å². The van der Waals surface area contributed by atoms with Crippen molar-refractivity contribution in [3.63, 3.8) is 0 Å². The van der Waals surface area contributed by atoms with Gasteiger partial charge in [-0.15, -0.1) is 12.4 Å². The first-order valence-corrected chi connectivity index (χ1v) is 3.60. The highest BCUT2D eigenvalue weighted by atomic mass is 35.5. The van der Waals surface area contributed by atoms with Crippen LogP contribution in [0.5, 0.6) is 0 Å². The lowest BCUT2D eigenvalue weighted by Gasteiger charge is -2.10. The van der Waals surface area contributed by atoms with Crippen molar-refractivity contribution in [2.24, 2.45) is 5.73 Å². The number of carbonyl (C=O) groups is 1. The molecule has 0 aromatic heterocycles. The van der Waals surface area contributed by atoms with E-state index < -0.39 is 5.24 Å². The third kappa shape index (κ3) is 2.81. The second kappa shape index (κ2) is 5.14. The normalized spacial score (nSPS) is 8.83. The molecule has 2 rings (SSSR count). The molecular formula is C8H9Cl2NO. The summed E-state index contributed by atoms with van der Waals surface area (Å²) in [5.74, 6) is 0. The average molecular weight is 206 g/mol. The fraction of sp³-hybridized carbons (Fsp3) is 0.125. The lowest BCUT2D eigenvalue weighted by molar-refractivity contribution is -0.110. The van der Waals surface area contributed by atoms with Gasteiger partial charge in [-0.05, 0) is 22.7 Å².